The molecule has 170 valence electrons. The normalized spacial score (nSPS) is 16.3. The number of anilines is 1. The number of hydrogen-bond acceptors (Lipinski definition) is 4. The van der Waals surface area contributed by atoms with Crippen molar-refractivity contribution in [3.8, 4) is 11.4 Å². The highest BCUT2D eigenvalue weighted by atomic mass is 16.5. The summed E-state index contributed by atoms with van der Waals surface area (Å²) >= 11 is 0. The highest BCUT2D eigenvalue weighted by Gasteiger charge is 2.45. The van der Waals surface area contributed by atoms with Crippen LogP contribution in [0, 0.1) is 6.92 Å². The number of ether oxygens (including phenoxy) is 1. The number of aryl methyl sites for hydroxylation is 2. The maximum atomic E-state index is 13.2. The van der Waals surface area contributed by atoms with Crippen molar-refractivity contribution in [1.82, 2.24) is 14.1 Å². The van der Waals surface area contributed by atoms with E-state index in [1.807, 2.05) is 51.8 Å². The predicted molar refractivity (Wildman–Crippen MR) is 127 cm³/mol. The summed E-state index contributed by atoms with van der Waals surface area (Å²) in [5.41, 5.74) is 4.64. The molecule has 3 aromatic rings. The van der Waals surface area contributed by atoms with Gasteiger partial charge < -0.3 is 18.8 Å². The minimum absolute atomic E-state index is 0.00760. The van der Waals surface area contributed by atoms with Gasteiger partial charge in [-0.15, -0.1) is 0 Å². The molecule has 0 radical (unpaired) electrons. The van der Waals surface area contributed by atoms with Gasteiger partial charge in [-0.2, -0.15) is 0 Å². The third-order valence-corrected chi connectivity index (χ3v) is 6.48. The lowest BCUT2D eigenvalue weighted by atomic mass is 9.86. The molecule has 1 aromatic carbocycles. The van der Waals surface area contributed by atoms with Gasteiger partial charge >= 0.3 is 0 Å². The summed E-state index contributed by atoms with van der Waals surface area (Å²) in [5, 5.41) is 0. The van der Waals surface area contributed by atoms with E-state index in [9.17, 15) is 9.59 Å². The average Bonchev–Trinajstić information content (AvgIpc) is 3.17. The van der Waals surface area contributed by atoms with E-state index in [1.165, 1.54) is 0 Å². The number of carbonyl (C=O) groups excluding carboxylic acids is 1. The molecule has 0 saturated carbocycles. The summed E-state index contributed by atoms with van der Waals surface area (Å²) in [7, 11) is 3.44. The summed E-state index contributed by atoms with van der Waals surface area (Å²) in [5.74, 6) is 0.896. The van der Waals surface area contributed by atoms with E-state index in [0.29, 0.717) is 12.2 Å². The number of benzene rings is 1. The van der Waals surface area contributed by atoms with Crippen LogP contribution in [0.15, 0.2) is 29.2 Å². The van der Waals surface area contributed by atoms with Crippen LogP contribution in [0.25, 0.3) is 22.4 Å². The predicted octanol–water partition coefficient (Wildman–Crippen LogP) is 3.95. The number of nitrogens with zero attached hydrogens (tertiary/aromatic N) is 4. The van der Waals surface area contributed by atoms with Crippen LogP contribution in [-0.2, 0) is 22.0 Å². The van der Waals surface area contributed by atoms with E-state index in [4.69, 9.17) is 9.72 Å². The molecule has 32 heavy (non-hydrogen) atoms. The Balaban J connectivity index is 2.05. The van der Waals surface area contributed by atoms with Crippen LogP contribution in [0.1, 0.15) is 51.8 Å². The molecule has 1 amide bonds. The highest BCUT2D eigenvalue weighted by molar-refractivity contribution is 6.10. The molecule has 7 nitrogen and oxygen atoms in total. The molecule has 0 spiro atoms. The Morgan fingerprint density at radius 2 is 1.81 bits per heavy atom. The van der Waals surface area contributed by atoms with E-state index in [2.05, 4.69) is 23.6 Å². The number of imidazole rings is 1. The number of carbonyl (C=O) groups is 1. The third-order valence-electron chi connectivity index (χ3n) is 6.48. The van der Waals surface area contributed by atoms with Crippen molar-refractivity contribution in [2.24, 2.45) is 7.05 Å². The van der Waals surface area contributed by atoms with Gasteiger partial charge in [0.25, 0.3) is 5.56 Å². The molecule has 1 atom stereocenters. The number of pyridine rings is 1. The Hall–Kier alpha value is -2.93. The second-order valence-corrected chi connectivity index (χ2v) is 9.69. The lowest BCUT2D eigenvalue weighted by molar-refractivity contribution is -0.122. The number of fused-ring (bicyclic) bond motifs is 2. The quantitative estimate of drug-likeness (QED) is 0.607. The van der Waals surface area contributed by atoms with E-state index < -0.39 is 5.41 Å². The molecular weight excluding hydrogens is 404 g/mol. The number of aromatic nitrogens is 3. The van der Waals surface area contributed by atoms with Crippen molar-refractivity contribution in [1.29, 1.82) is 0 Å². The fourth-order valence-electron chi connectivity index (χ4n) is 4.83. The molecule has 0 saturated heterocycles. The summed E-state index contributed by atoms with van der Waals surface area (Å²) in [6, 6.07) is 6.10. The Morgan fingerprint density at radius 1 is 1.12 bits per heavy atom. The van der Waals surface area contributed by atoms with Crippen LogP contribution >= 0.6 is 0 Å². The molecule has 1 aliphatic rings. The van der Waals surface area contributed by atoms with E-state index in [-0.39, 0.29) is 23.6 Å². The summed E-state index contributed by atoms with van der Waals surface area (Å²) in [4.78, 5) is 32.3. The fourth-order valence-corrected chi connectivity index (χ4v) is 4.83. The standard InChI is InChI=1S/C25H32N4O3/c1-14(2)28-20-11-21-19(10-18(20)25(5,6)24(28)31)26-22(29(21)16(4)13-32-8)17-9-15(3)23(30)27(7)12-17/h9-12,14,16H,13H2,1-8H3/t16-/m0/s1. The molecule has 7 heteroatoms. The van der Waals surface area contributed by atoms with Crippen molar-refractivity contribution < 1.29 is 9.53 Å². The van der Waals surface area contributed by atoms with Gasteiger partial charge in [0, 0.05) is 37.5 Å². The third kappa shape index (κ3) is 3.18. The number of amides is 1. The zero-order chi connectivity index (χ0) is 23.5. The molecule has 2 aromatic heterocycles. The number of methoxy groups -OCH3 is 1. The Labute approximate surface area is 188 Å². The largest absolute Gasteiger partial charge is 0.383 e. The molecular formula is C25H32N4O3. The lowest BCUT2D eigenvalue weighted by Crippen LogP contribution is -2.40. The van der Waals surface area contributed by atoms with Crippen LogP contribution in [0.5, 0.6) is 0 Å². The van der Waals surface area contributed by atoms with Crippen LogP contribution in [0.4, 0.5) is 5.69 Å². The summed E-state index contributed by atoms with van der Waals surface area (Å²) in [6.45, 7) is 12.5. The van der Waals surface area contributed by atoms with Gasteiger partial charge in [-0.1, -0.05) is 0 Å². The lowest BCUT2D eigenvalue weighted by Gasteiger charge is -2.24. The number of hydrogen-bond donors (Lipinski definition) is 0. The van der Waals surface area contributed by atoms with Gasteiger partial charge in [0.1, 0.15) is 5.82 Å². The van der Waals surface area contributed by atoms with Gasteiger partial charge in [0.15, 0.2) is 0 Å². The van der Waals surface area contributed by atoms with Gasteiger partial charge in [-0.3, -0.25) is 9.59 Å². The Morgan fingerprint density at radius 3 is 2.41 bits per heavy atom. The van der Waals surface area contributed by atoms with Crippen molar-refractivity contribution in [2.45, 2.75) is 59.0 Å². The second kappa shape index (κ2) is 7.59. The van der Waals surface area contributed by atoms with E-state index in [0.717, 1.165) is 33.7 Å². The molecule has 3 heterocycles. The zero-order valence-corrected chi connectivity index (χ0v) is 20.2. The maximum Gasteiger partial charge on any atom is 0.253 e. The summed E-state index contributed by atoms with van der Waals surface area (Å²) < 4.78 is 9.22. The van der Waals surface area contributed by atoms with E-state index in [1.54, 1.807) is 18.7 Å². The Kier molecular flexibility index (Phi) is 5.28. The minimum Gasteiger partial charge on any atom is -0.383 e. The average molecular weight is 437 g/mol. The first-order chi connectivity index (χ1) is 15.0. The van der Waals surface area contributed by atoms with Crippen LogP contribution < -0.4 is 10.5 Å². The summed E-state index contributed by atoms with van der Waals surface area (Å²) in [6.07, 6.45) is 1.83. The zero-order valence-electron chi connectivity index (χ0n) is 20.2. The smallest absolute Gasteiger partial charge is 0.253 e. The van der Waals surface area contributed by atoms with E-state index >= 15 is 0 Å². The highest BCUT2D eigenvalue weighted by Crippen LogP contribution is 2.45. The van der Waals surface area contributed by atoms with Crippen LogP contribution in [0.3, 0.4) is 0 Å². The molecule has 0 aliphatic carbocycles. The van der Waals surface area contributed by atoms with Gasteiger partial charge in [0.05, 0.1) is 34.8 Å². The fraction of sp³-hybridized carbons (Fsp3) is 0.480. The van der Waals surface area contributed by atoms with Gasteiger partial charge in [-0.25, -0.2) is 4.98 Å². The van der Waals surface area contributed by atoms with Gasteiger partial charge in [0.2, 0.25) is 5.91 Å². The number of rotatable bonds is 5. The molecule has 0 bridgehead atoms. The minimum atomic E-state index is -0.608. The van der Waals surface area contributed by atoms with Crippen molar-refractivity contribution >= 4 is 22.6 Å². The monoisotopic (exact) mass is 436 g/mol. The van der Waals surface area contributed by atoms with Crippen molar-refractivity contribution in [2.75, 3.05) is 18.6 Å². The molecule has 0 fully saturated rings. The molecule has 0 N–H and O–H groups in total. The van der Waals surface area contributed by atoms with Crippen molar-refractivity contribution in [3.05, 3.63) is 45.9 Å². The van der Waals surface area contributed by atoms with Gasteiger partial charge in [-0.05, 0) is 65.3 Å². The first kappa shape index (κ1) is 22.3. The molecule has 4 rings (SSSR count). The second-order valence-electron chi connectivity index (χ2n) is 9.69. The van der Waals surface area contributed by atoms with Crippen LogP contribution in [-0.4, -0.2) is 39.8 Å². The first-order valence-corrected chi connectivity index (χ1v) is 11.1. The van der Waals surface area contributed by atoms with Crippen molar-refractivity contribution in [3.63, 3.8) is 0 Å². The SMILES string of the molecule is COC[C@H](C)n1c(-c2cc(C)c(=O)n(C)c2)nc2cc3c(cc21)N(C(C)C)C(=O)C3(C)C. The maximum absolute atomic E-state index is 13.2. The first-order valence-electron chi connectivity index (χ1n) is 11.1. The van der Waals surface area contributed by atoms with Crippen LogP contribution in [0.2, 0.25) is 0 Å². The topological polar surface area (TPSA) is 69.4 Å². The molecule has 0 unspecified atom stereocenters. The molecule has 1 aliphatic heterocycles. The Bertz CT molecular complexity index is 1260.